The number of aliphatic hydroxyl groups is 1. The van der Waals surface area contributed by atoms with Crippen LogP contribution in [0.25, 0.3) is 11.1 Å². The number of phenolic OH excluding ortho intramolecular Hbond substituents is 1. The van der Waals surface area contributed by atoms with Gasteiger partial charge in [0.25, 0.3) is 0 Å². The van der Waals surface area contributed by atoms with E-state index in [1.807, 2.05) is 36.4 Å². The number of aromatic hydroxyl groups is 1. The molecule has 5 nitrogen and oxygen atoms in total. The van der Waals surface area contributed by atoms with E-state index in [1.165, 1.54) is 18.2 Å². The first-order valence-electron chi connectivity index (χ1n) is 9.12. The number of hydrogen-bond donors (Lipinski definition) is 3. The maximum absolute atomic E-state index is 12.8. The zero-order valence-corrected chi connectivity index (χ0v) is 15.2. The van der Waals surface area contributed by atoms with E-state index in [9.17, 15) is 15.0 Å². The van der Waals surface area contributed by atoms with Gasteiger partial charge in [0.2, 0.25) is 0 Å². The van der Waals surface area contributed by atoms with Crippen molar-refractivity contribution in [2.45, 2.75) is 11.5 Å². The highest BCUT2D eigenvalue weighted by molar-refractivity contribution is 5.82. The maximum atomic E-state index is 12.8. The second-order valence-electron chi connectivity index (χ2n) is 6.94. The van der Waals surface area contributed by atoms with Gasteiger partial charge in [-0.15, -0.1) is 0 Å². The van der Waals surface area contributed by atoms with Gasteiger partial charge in [0.05, 0.1) is 0 Å². The van der Waals surface area contributed by atoms with Crippen LogP contribution in [-0.4, -0.2) is 29.3 Å². The summed E-state index contributed by atoms with van der Waals surface area (Å²) in [4.78, 5) is 12.8. The molecule has 4 N–H and O–H groups in total. The molecule has 0 spiro atoms. The van der Waals surface area contributed by atoms with Crippen molar-refractivity contribution in [2.24, 2.45) is 5.73 Å². The molecular formula is C23H21NO4. The Morgan fingerprint density at radius 2 is 1.57 bits per heavy atom. The van der Waals surface area contributed by atoms with Crippen molar-refractivity contribution in [3.63, 3.8) is 0 Å². The zero-order valence-electron chi connectivity index (χ0n) is 15.2. The highest BCUT2D eigenvalue weighted by Gasteiger charge is 2.40. The summed E-state index contributed by atoms with van der Waals surface area (Å²) < 4.78 is 5.54. The van der Waals surface area contributed by atoms with Crippen LogP contribution in [0.1, 0.15) is 22.6 Å². The average molecular weight is 375 g/mol. The number of fused-ring (bicyclic) bond motifs is 3. The fourth-order valence-corrected chi connectivity index (χ4v) is 3.80. The molecule has 0 radical (unpaired) electrons. The van der Waals surface area contributed by atoms with E-state index < -0.39 is 11.6 Å². The molecule has 0 bridgehead atoms. The second-order valence-corrected chi connectivity index (χ2v) is 6.94. The lowest BCUT2D eigenvalue weighted by Gasteiger charge is -2.26. The first-order chi connectivity index (χ1) is 13.5. The Morgan fingerprint density at radius 3 is 2.14 bits per heavy atom. The summed E-state index contributed by atoms with van der Waals surface area (Å²) in [7, 11) is 0. The Kier molecular flexibility index (Phi) is 4.63. The first kappa shape index (κ1) is 18.2. The second kappa shape index (κ2) is 7.11. The number of hydrogen-bond acceptors (Lipinski definition) is 5. The molecule has 0 aromatic heterocycles. The Hall–Kier alpha value is -3.15. The molecule has 3 aromatic carbocycles. The SMILES string of the molecule is NCC(O)(C(=O)OCC1c2ccccc2-c2ccccc21)c1cccc(O)c1. The van der Waals surface area contributed by atoms with Crippen molar-refractivity contribution >= 4 is 5.97 Å². The summed E-state index contributed by atoms with van der Waals surface area (Å²) in [6.45, 7) is -0.263. The van der Waals surface area contributed by atoms with Crippen molar-refractivity contribution in [1.82, 2.24) is 0 Å². The van der Waals surface area contributed by atoms with E-state index in [0.29, 0.717) is 0 Å². The van der Waals surface area contributed by atoms with Gasteiger partial charge in [-0.3, -0.25) is 0 Å². The normalized spacial score (nSPS) is 14.8. The van der Waals surface area contributed by atoms with Crippen LogP contribution in [0.5, 0.6) is 5.75 Å². The van der Waals surface area contributed by atoms with Gasteiger partial charge >= 0.3 is 5.97 Å². The lowest BCUT2D eigenvalue weighted by Crippen LogP contribution is -2.44. The van der Waals surface area contributed by atoms with E-state index in [2.05, 4.69) is 12.1 Å². The Morgan fingerprint density at radius 1 is 0.964 bits per heavy atom. The van der Waals surface area contributed by atoms with Crippen LogP contribution in [0.15, 0.2) is 72.8 Å². The number of phenols is 1. The molecule has 4 rings (SSSR count). The summed E-state index contributed by atoms with van der Waals surface area (Å²) in [5.41, 5.74) is 8.31. The standard InChI is InChI=1S/C23H21NO4/c24-14-23(27,15-6-5-7-16(25)12-15)22(26)28-13-21-19-10-3-1-8-17(19)18-9-2-4-11-20(18)21/h1-12,21,25,27H,13-14,24H2. The summed E-state index contributed by atoms with van der Waals surface area (Å²) >= 11 is 0. The molecule has 5 heteroatoms. The third-order valence-electron chi connectivity index (χ3n) is 5.30. The molecule has 1 aliphatic rings. The van der Waals surface area contributed by atoms with Crippen LogP contribution in [0.3, 0.4) is 0 Å². The third kappa shape index (κ3) is 2.95. The Labute approximate surface area is 163 Å². The molecule has 1 aliphatic carbocycles. The monoisotopic (exact) mass is 375 g/mol. The van der Waals surface area contributed by atoms with Gasteiger partial charge in [-0.25, -0.2) is 4.79 Å². The number of ether oxygens (including phenoxy) is 1. The third-order valence-corrected chi connectivity index (χ3v) is 5.30. The minimum atomic E-state index is -2.02. The molecule has 0 saturated heterocycles. The molecule has 1 unspecified atom stereocenters. The van der Waals surface area contributed by atoms with Crippen molar-refractivity contribution in [2.75, 3.05) is 13.2 Å². The molecule has 3 aromatic rings. The molecular weight excluding hydrogens is 354 g/mol. The van der Waals surface area contributed by atoms with Crippen LogP contribution in [0.2, 0.25) is 0 Å². The average Bonchev–Trinajstić information content (AvgIpc) is 3.05. The fourth-order valence-electron chi connectivity index (χ4n) is 3.80. The van der Waals surface area contributed by atoms with E-state index in [-0.39, 0.29) is 30.4 Å². The van der Waals surface area contributed by atoms with E-state index in [0.717, 1.165) is 22.3 Å². The lowest BCUT2D eigenvalue weighted by molar-refractivity contribution is -0.166. The summed E-state index contributed by atoms with van der Waals surface area (Å²) in [5.74, 6) is -0.999. The minimum absolute atomic E-state index is 0.0594. The molecule has 0 aliphatic heterocycles. The zero-order chi connectivity index (χ0) is 19.7. The highest BCUT2D eigenvalue weighted by Crippen LogP contribution is 2.44. The van der Waals surface area contributed by atoms with E-state index in [1.54, 1.807) is 6.07 Å². The van der Waals surface area contributed by atoms with Gasteiger partial charge in [0, 0.05) is 12.5 Å². The Balaban J connectivity index is 1.60. The predicted molar refractivity (Wildman–Crippen MR) is 106 cm³/mol. The topological polar surface area (TPSA) is 92.8 Å². The molecule has 0 fully saturated rings. The van der Waals surface area contributed by atoms with Crippen LogP contribution in [-0.2, 0) is 15.1 Å². The highest BCUT2D eigenvalue weighted by atomic mass is 16.5. The number of nitrogens with two attached hydrogens (primary N) is 1. The van der Waals surface area contributed by atoms with Crippen LogP contribution in [0, 0.1) is 0 Å². The largest absolute Gasteiger partial charge is 0.508 e. The van der Waals surface area contributed by atoms with Crippen molar-refractivity contribution < 1.29 is 19.7 Å². The van der Waals surface area contributed by atoms with E-state index in [4.69, 9.17) is 10.5 Å². The van der Waals surface area contributed by atoms with Gasteiger partial charge < -0.3 is 20.7 Å². The maximum Gasteiger partial charge on any atom is 0.344 e. The number of carbonyl (C=O) groups excluding carboxylic acids is 1. The molecule has 142 valence electrons. The van der Waals surface area contributed by atoms with Gasteiger partial charge in [0.15, 0.2) is 5.60 Å². The number of carbonyl (C=O) groups is 1. The summed E-state index contributed by atoms with van der Waals surface area (Å²) in [6, 6.07) is 21.9. The van der Waals surface area contributed by atoms with Crippen molar-refractivity contribution in [3.8, 4) is 16.9 Å². The predicted octanol–water partition coefficient (Wildman–Crippen LogP) is 2.89. The number of benzene rings is 3. The number of rotatable bonds is 5. The molecule has 28 heavy (non-hydrogen) atoms. The van der Waals surface area contributed by atoms with Crippen LogP contribution in [0.4, 0.5) is 0 Å². The van der Waals surface area contributed by atoms with E-state index >= 15 is 0 Å². The van der Waals surface area contributed by atoms with Crippen LogP contribution < -0.4 is 5.73 Å². The quantitative estimate of drug-likeness (QED) is 0.596. The fraction of sp³-hybridized carbons (Fsp3) is 0.174. The van der Waals surface area contributed by atoms with Crippen LogP contribution >= 0.6 is 0 Å². The lowest BCUT2D eigenvalue weighted by atomic mass is 9.93. The number of esters is 1. The smallest absolute Gasteiger partial charge is 0.344 e. The molecule has 0 amide bonds. The van der Waals surface area contributed by atoms with Crippen molar-refractivity contribution in [1.29, 1.82) is 0 Å². The molecule has 0 heterocycles. The van der Waals surface area contributed by atoms with Gasteiger partial charge in [-0.05, 0) is 39.9 Å². The summed E-state index contributed by atoms with van der Waals surface area (Å²) in [6.07, 6.45) is 0. The molecule has 0 saturated carbocycles. The van der Waals surface area contributed by atoms with Crippen molar-refractivity contribution in [3.05, 3.63) is 89.5 Å². The first-order valence-corrected chi connectivity index (χ1v) is 9.12. The Bertz CT molecular complexity index is 987. The van der Waals surface area contributed by atoms with Gasteiger partial charge in [0.1, 0.15) is 12.4 Å². The summed E-state index contributed by atoms with van der Waals surface area (Å²) in [5, 5.41) is 20.5. The van der Waals surface area contributed by atoms with Gasteiger partial charge in [-0.2, -0.15) is 0 Å². The minimum Gasteiger partial charge on any atom is -0.508 e. The van der Waals surface area contributed by atoms with Gasteiger partial charge in [-0.1, -0.05) is 60.7 Å². The molecule has 1 atom stereocenters.